The van der Waals surface area contributed by atoms with E-state index >= 15 is 0 Å². The zero-order valence-corrected chi connectivity index (χ0v) is 18.5. The number of rotatable bonds is 4. The first-order valence-electron chi connectivity index (χ1n) is 7.03. The molecule has 0 aliphatic carbocycles. The normalized spacial score (nSPS) is 19.4. The summed E-state index contributed by atoms with van der Waals surface area (Å²) in [6.45, 7) is 3.25. The number of hydrazine groups is 1. The number of anilines is 1. The molecule has 1 aromatic rings. The molecule has 8 nitrogen and oxygen atoms in total. The predicted molar refractivity (Wildman–Crippen MR) is 94.7 cm³/mol. The number of halogens is 2. The van der Waals surface area contributed by atoms with Crippen LogP contribution >= 0.6 is 23.7 Å². The fourth-order valence-electron chi connectivity index (χ4n) is 2.07. The van der Waals surface area contributed by atoms with Crippen LogP contribution in [0.1, 0.15) is 6.42 Å². The molecule has 1 heterocycles. The topological polar surface area (TPSA) is 103 Å². The van der Waals surface area contributed by atoms with Gasteiger partial charge in [-0.05, 0) is 31.7 Å². The SMILES string of the molecule is CNNC(=O)C1CC(C(=O)Nc2ccc(F)c(Cl)c2)N(C)SN1.[CH-]=O.[Y]. The van der Waals surface area contributed by atoms with Crippen molar-refractivity contribution in [2.24, 2.45) is 0 Å². The molecule has 0 aromatic heterocycles. The summed E-state index contributed by atoms with van der Waals surface area (Å²) in [5, 5.41) is 2.61. The molecule has 1 fully saturated rings. The second-order valence-electron chi connectivity index (χ2n) is 4.92. The third-order valence-corrected chi connectivity index (χ3v) is 4.51. The van der Waals surface area contributed by atoms with Crippen molar-refractivity contribution in [3.05, 3.63) is 29.0 Å². The van der Waals surface area contributed by atoms with Crippen molar-refractivity contribution in [2.75, 3.05) is 19.4 Å². The number of benzene rings is 1. The van der Waals surface area contributed by atoms with Crippen molar-refractivity contribution < 1.29 is 51.5 Å². The summed E-state index contributed by atoms with van der Waals surface area (Å²) < 4.78 is 17.8. The van der Waals surface area contributed by atoms with Crippen LogP contribution in [-0.4, -0.2) is 49.1 Å². The quantitative estimate of drug-likeness (QED) is 0.217. The number of carbonyl (C=O) groups excluding carboxylic acids is 3. The van der Waals surface area contributed by atoms with Gasteiger partial charge in [0.1, 0.15) is 17.9 Å². The molecule has 2 amide bonds. The first-order valence-corrected chi connectivity index (χ1v) is 8.19. The second kappa shape index (κ2) is 12.7. The van der Waals surface area contributed by atoms with E-state index in [-0.39, 0.29) is 56.0 Å². The van der Waals surface area contributed by atoms with Crippen LogP contribution in [0.2, 0.25) is 5.02 Å². The number of amides is 2. The van der Waals surface area contributed by atoms with Crippen LogP contribution in [0.4, 0.5) is 10.1 Å². The Morgan fingerprint density at radius 3 is 2.62 bits per heavy atom. The maximum Gasteiger partial charge on any atom is 0.252 e. The smallest absolute Gasteiger partial charge is 0.252 e. The summed E-state index contributed by atoms with van der Waals surface area (Å²) in [5.74, 6) is -1.11. The molecule has 2 atom stereocenters. The Labute approximate surface area is 185 Å². The van der Waals surface area contributed by atoms with Gasteiger partial charge < -0.3 is 10.1 Å². The fraction of sp³-hybridized carbons (Fsp3) is 0.357. The number of hydrogen-bond donors (Lipinski definition) is 4. The number of nitrogens with zero attached hydrogens (tertiary/aromatic N) is 1. The molecule has 1 aliphatic rings. The molecule has 4 N–H and O–H groups in total. The van der Waals surface area contributed by atoms with E-state index < -0.39 is 17.9 Å². The van der Waals surface area contributed by atoms with Crippen LogP contribution in [0.5, 0.6) is 0 Å². The first-order chi connectivity index (χ1) is 11.9. The second-order valence-corrected chi connectivity index (χ2v) is 6.32. The first kappa shape index (κ1) is 25.4. The molecule has 1 saturated heterocycles. The Morgan fingerprint density at radius 2 is 2.04 bits per heavy atom. The molecule has 26 heavy (non-hydrogen) atoms. The molecule has 0 saturated carbocycles. The van der Waals surface area contributed by atoms with Gasteiger partial charge in [0.05, 0.1) is 5.02 Å². The average molecular weight is 480 g/mol. The summed E-state index contributed by atoms with van der Waals surface area (Å²) in [5.41, 5.74) is 5.43. The maximum absolute atomic E-state index is 13.2. The van der Waals surface area contributed by atoms with Crippen molar-refractivity contribution in [1.29, 1.82) is 0 Å². The zero-order valence-electron chi connectivity index (χ0n) is 14.1. The van der Waals surface area contributed by atoms with Gasteiger partial charge in [-0.2, -0.15) is 0 Å². The van der Waals surface area contributed by atoms with Crippen LogP contribution in [0.25, 0.3) is 0 Å². The summed E-state index contributed by atoms with van der Waals surface area (Å²) in [7, 11) is 3.33. The van der Waals surface area contributed by atoms with E-state index in [2.05, 4.69) is 27.7 Å². The minimum absolute atomic E-state index is 0. The standard InChI is InChI=1S/C13H17ClFN5O2S.CHO.Y/c1-16-18-12(21)10-6-11(20(2)23-19-10)13(22)17-7-3-4-9(15)8(14)5-7;1-2;/h3-5,10-11,16,19H,6H2,1-2H3,(H,17,22)(H,18,21);1H;/q;-1;. The van der Waals surface area contributed by atoms with E-state index in [1.54, 1.807) is 18.4 Å². The Kier molecular flexibility index (Phi) is 12.4. The summed E-state index contributed by atoms with van der Waals surface area (Å²) >= 11 is 6.88. The molecule has 1 radical (unpaired) electrons. The van der Waals surface area contributed by atoms with Gasteiger partial charge in [-0.25, -0.2) is 18.8 Å². The maximum atomic E-state index is 13.2. The van der Waals surface area contributed by atoms with E-state index in [4.69, 9.17) is 16.4 Å². The van der Waals surface area contributed by atoms with Crippen molar-refractivity contribution >= 4 is 48.0 Å². The number of likely N-dealkylation sites (N-methyl/N-ethyl adjacent to an activating group) is 1. The molecule has 141 valence electrons. The van der Waals surface area contributed by atoms with Crippen LogP contribution in [0.15, 0.2) is 18.2 Å². The van der Waals surface area contributed by atoms with Gasteiger partial charge in [-0.15, -0.1) is 0 Å². The molecule has 1 aromatic carbocycles. The third-order valence-electron chi connectivity index (χ3n) is 3.29. The molecule has 0 bridgehead atoms. The van der Waals surface area contributed by atoms with Gasteiger partial charge in [0, 0.05) is 57.6 Å². The monoisotopic (exact) mass is 479 g/mol. The molecule has 12 heteroatoms. The average Bonchev–Trinajstić information content (AvgIpc) is 2.60. The van der Waals surface area contributed by atoms with Gasteiger partial charge in [0.2, 0.25) is 5.91 Å². The Morgan fingerprint density at radius 1 is 1.38 bits per heavy atom. The van der Waals surface area contributed by atoms with E-state index in [1.165, 1.54) is 30.3 Å². The molecule has 2 rings (SSSR count). The number of hydrogen-bond acceptors (Lipinski definition) is 7. The largest absolute Gasteiger partial charge is 0.545 e. The van der Waals surface area contributed by atoms with E-state index in [0.29, 0.717) is 5.69 Å². The molecular formula is C14H18ClFN5O3SY-. The van der Waals surface area contributed by atoms with Crippen molar-refractivity contribution in [3.8, 4) is 0 Å². The van der Waals surface area contributed by atoms with E-state index in [9.17, 15) is 14.0 Å². The summed E-state index contributed by atoms with van der Waals surface area (Å²) in [4.78, 5) is 32.0. The molecular weight excluding hydrogens is 462 g/mol. The number of nitrogens with one attached hydrogen (secondary N) is 4. The van der Waals surface area contributed by atoms with Gasteiger partial charge in [-0.3, -0.25) is 21.8 Å². The van der Waals surface area contributed by atoms with Crippen molar-refractivity contribution in [1.82, 2.24) is 19.9 Å². The molecule has 1 aliphatic heterocycles. The van der Waals surface area contributed by atoms with Gasteiger partial charge in [0.25, 0.3) is 5.91 Å². The number of carbonyl (C=O) groups is 2. The van der Waals surface area contributed by atoms with Crippen LogP contribution in [0.3, 0.4) is 0 Å². The third kappa shape index (κ3) is 7.18. The van der Waals surface area contributed by atoms with Gasteiger partial charge in [0.15, 0.2) is 0 Å². The zero-order chi connectivity index (χ0) is 19.0. The van der Waals surface area contributed by atoms with Crippen LogP contribution in [0, 0.1) is 5.82 Å². The Balaban J connectivity index is 0.00000201. The minimum Gasteiger partial charge on any atom is -0.545 e. The minimum atomic E-state index is -0.553. The van der Waals surface area contributed by atoms with E-state index in [1.807, 2.05) is 0 Å². The Hall–Kier alpha value is -0.616. The van der Waals surface area contributed by atoms with Gasteiger partial charge >= 0.3 is 0 Å². The summed E-state index contributed by atoms with van der Waals surface area (Å²) in [6.07, 6.45) is 0.289. The van der Waals surface area contributed by atoms with Gasteiger partial charge in [-0.1, -0.05) is 11.6 Å². The van der Waals surface area contributed by atoms with Crippen molar-refractivity contribution in [3.63, 3.8) is 0 Å². The van der Waals surface area contributed by atoms with Crippen molar-refractivity contribution in [2.45, 2.75) is 18.5 Å². The predicted octanol–water partition coefficient (Wildman–Crippen LogP) is 0.617. The van der Waals surface area contributed by atoms with Crippen LogP contribution in [-0.2, 0) is 47.1 Å². The van der Waals surface area contributed by atoms with E-state index in [0.717, 1.165) is 0 Å². The molecule has 2 unspecified atom stereocenters. The summed E-state index contributed by atoms with van der Waals surface area (Å²) in [6, 6.07) is 2.91. The molecule has 0 spiro atoms. The Bertz CT molecular complexity index is 630. The van der Waals surface area contributed by atoms with Crippen LogP contribution < -0.4 is 20.9 Å². The fourth-order valence-corrected chi connectivity index (χ4v) is 3.06.